The number of pyridine rings is 1. The van der Waals surface area contributed by atoms with Crippen LogP contribution in [0.5, 0.6) is 0 Å². The molecule has 2 heterocycles. The first kappa shape index (κ1) is 24.3. The zero-order valence-electron chi connectivity index (χ0n) is 20.2. The van der Waals surface area contributed by atoms with Gasteiger partial charge in [0, 0.05) is 48.1 Å². The van der Waals surface area contributed by atoms with Crippen molar-refractivity contribution in [3.8, 4) is 0 Å². The van der Waals surface area contributed by atoms with Gasteiger partial charge in [-0.2, -0.15) is 5.10 Å². The molecule has 0 aliphatic heterocycles. The summed E-state index contributed by atoms with van der Waals surface area (Å²) in [5.74, 6) is -3.60. The topological polar surface area (TPSA) is 73.9 Å². The number of aromatic nitrogens is 3. The number of H-pyrrole nitrogens is 1. The van der Waals surface area contributed by atoms with Gasteiger partial charge in [-0.1, -0.05) is 6.07 Å². The lowest BCUT2D eigenvalue weighted by Crippen LogP contribution is -2.43. The molecule has 8 heteroatoms. The highest BCUT2D eigenvalue weighted by atomic mass is 19.3. The van der Waals surface area contributed by atoms with E-state index in [0.717, 1.165) is 29.8 Å². The number of carbonyl (C=O) groups excluding carboxylic acids is 1. The first-order valence-corrected chi connectivity index (χ1v) is 11.7. The highest BCUT2D eigenvalue weighted by molar-refractivity contribution is 5.82. The first-order valence-electron chi connectivity index (χ1n) is 11.7. The summed E-state index contributed by atoms with van der Waals surface area (Å²) in [6.45, 7) is 3.50. The first-order chi connectivity index (χ1) is 16.1. The van der Waals surface area contributed by atoms with E-state index in [1.807, 2.05) is 26.4 Å². The molecule has 1 saturated carbocycles. The fourth-order valence-corrected chi connectivity index (χ4v) is 5.06. The molecule has 1 amide bonds. The predicted octanol–water partition coefficient (Wildman–Crippen LogP) is 4.46. The van der Waals surface area contributed by atoms with Crippen LogP contribution >= 0.6 is 0 Å². The molecular formula is C26H33F2N5O. The summed E-state index contributed by atoms with van der Waals surface area (Å²) < 4.78 is 29.2. The van der Waals surface area contributed by atoms with E-state index >= 15 is 0 Å². The summed E-state index contributed by atoms with van der Waals surface area (Å²) in [7, 11) is 3.97. The molecule has 0 spiro atoms. The molecule has 2 N–H and O–H groups in total. The average molecular weight is 470 g/mol. The van der Waals surface area contributed by atoms with Crippen LogP contribution in [0.1, 0.15) is 48.8 Å². The number of halogens is 2. The number of nitrogens with zero attached hydrogens (tertiary/aromatic N) is 3. The van der Waals surface area contributed by atoms with Crippen molar-refractivity contribution in [3.05, 3.63) is 59.5 Å². The number of rotatable bonds is 10. The normalized spacial score (nSPS) is 17.0. The van der Waals surface area contributed by atoms with Gasteiger partial charge in [-0.15, -0.1) is 0 Å². The van der Waals surface area contributed by atoms with Crippen molar-refractivity contribution < 1.29 is 13.6 Å². The molecule has 2 aromatic heterocycles. The highest BCUT2D eigenvalue weighted by Crippen LogP contribution is 2.65. The fourth-order valence-electron chi connectivity index (χ4n) is 5.06. The van der Waals surface area contributed by atoms with Gasteiger partial charge in [0.2, 0.25) is 5.91 Å². The molecule has 3 aromatic rings. The zero-order valence-corrected chi connectivity index (χ0v) is 20.2. The summed E-state index contributed by atoms with van der Waals surface area (Å²) in [4.78, 5) is 19.1. The van der Waals surface area contributed by atoms with Crippen molar-refractivity contribution in [1.29, 1.82) is 0 Å². The molecule has 0 unspecified atom stereocenters. The minimum Gasteiger partial charge on any atom is -0.355 e. The maximum absolute atomic E-state index is 14.6. The molecule has 1 aliphatic rings. The third-order valence-corrected chi connectivity index (χ3v) is 7.55. The molecule has 34 heavy (non-hydrogen) atoms. The molecule has 6 nitrogen and oxygen atoms in total. The maximum Gasteiger partial charge on any atom is 0.251 e. The van der Waals surface area contributed by atoms with Crippen LogP contribution in [0.4, 0.5) is 8.78 Å². The molecular weight excluding hydrogens is 436 g/mol. The summed E-state index contributed by atoms with van der Waals surface area (Å²) in [6.07, 6.45) is 6.67. The number of nitrogens with one attached hydrogen (secondary N) is 2. The van der Waals surface area contributed by atoms with Crippen LogP contribution in [-0.4, -0.2) is 58.6 Å². The van der Waals surface area contributed by atoms with Gasteiger partial charge in [-0.05, 0) is 82.1 Å². The summed E-state index contributed by atoms with van der Waals surface area (Å²) in [5, 5.41) is 11.2. The van der Waals surface area contributed by atoms with Crippen LogP contribution in [-0.2, 0) is 11.2 Å². The number of hydrogen-bond donors (Lipinski definition) is 2. The van der Waals surface area contributed by atoms with E-state index in [0.29, 0.717) is 19.4 Å². The van der Waals surface area contributed by atoms with Gasteiger partial charge >= 0.3 is 0 Å². The monoisotopic (exact) mass is 469 g/mol. The lowest BCUT2D eigenvalue weighted by molar-refractivity contribution is -0.123. The van der Waals surface area contributed by atoms with Crippen molar-refractivity contribution in [1.82, 2.24) is 25.4 Å². The lowest BCUT2D eigenvalue weighted by Gasteiger charge is -2.32. The van der Waals surface area contributed by atoms with Crippen LogP contribution in [0, 0.1) is 12.3 Å². The standard InChI is InChI=1S/C26H33F2N5O/c1-17-19(5-6-23-21(17)16-31-32-23)13-20(33(3)4)15-30-24(34)14-22(18-7-11-29-12-8-18)26(9-10-26)25(2,27)28/h5-8,11-12,16,20,22H,9-10,13-15H2,1-4H3,(H,30,34)(H,31,32)/t20-,22+/m0/s1. The Bertz CT molecular complexity index is 1140. The molecule has 0 bridgehead atoms. The zero-order chi connectivity index (χ0) is 24.5. The van der Waals surface area contributed by atoms with Gasteiger partial charge < -0.3 is 10.2 Å². The quantitative estimate of drug-likeness (QED) is 0.460. The SMILES string of the molecule is Cc1c(C[C@@H](CNC(=O)C[C@H](c2ccncc2)C2(C(C)(F)F)CC2)N(C)C)ccc2[nH]ncc12. The minimum absolute atomic E-state index is 0.0353. The number of benzene rings is 1. The molecule has 1 fully saturated rings. The van der Waals surface area contributed by atoms with Crippen LogP contribution < -0.4 is 5.32 Å². The molecule has 0 saturated heterocycles. The third-order valence-electron chi connectivity index (χ3n) is 7.55. The Balaban J connectivity index is 1.45. The Morgan fingerprint density at radius 2 is 1.94 bits per heavy atom. The average Bonchev–Trinajstić information content (AvgIpc) is 3.47. The van der Waals surface area contributed by atoms with E-state index < -0.39 is 17.3 Å². The van der Waals surface area contributed by atoms with E-state index in [1.54, 1.807) is 24.5 Å². The van der Waals surface area contributed by atoms with E-state index in [2.05, 4.69) is 38.4 Å². The minimum atomic E-state index is -2.85. The second-order valence-electron chi connectivity index (χ2n) is 9.89. The van der Waals surface area contributed by atoms with Gasteiger partial charge in [-0.3, -0.25) is 14.9 Å². The molecule has 1 aromatic carbocycles. The fraction of sp³-hybridized carbons (Fsp3) is 0.500. The smallest absolute Gasteiger partial charge is 0.251 e. The van der Waals surface area contributed by atoms with E-state index in [9.17, 15) is 13.6 Å². The van der Waals surface area contributed by atoms with Crippen LogP contribution in [0.25, 0.3) is 10.9 Å². The summed E-state index contributed by atoms with van der Waals surface area (Å²) in [5.41, 5.74) is 2.95. The molecule has 0 radical (unpaired) electrons. The van der Waals surface area contributed by atoms with E-state index in [4.69, 9.17) is 0 Å². The Labute approximate surface area is 199 Å². The Hall–Kier alpha value is -2.87. The second-order valence-corrected chi connectivity index (χ2v) is 9.89. The number of aryl methyl sites for hydroxylation is 1. The Kier molecular flexibility index (Phi) is 6.71. The van der Waals surface area contributed by atoms with Gasteiger partial charge in [0.15, 0.2) is 0 Å². The van der Waals surface area contributed by atoms with E-state index in [-0.39, 0.29) is 18.4 Å². The number of alkyl halides is 2. The maximum atomic E-state index is 14.6. The Morgan fingerprint density at radius 1 is 1.24 bits per heavy atom. The lowest BCUT2D eigenvalue weighted by atomic mass is 9.77. The molecule has 2 atom stereocenters. The van der Waals surface area contributed by atoms with E-state index in [1.165, 1.54) is 11.1 Å². The third kappa shape index (κ3) is 4.82. The number of aromatic amines is 1. The van der Waals surface area contributed by atoms with Crippen LogP contribution in [0.15, 0.2) is 42.9 Å². The molecule has 4 rings (SSSR count). The number of carbonyl (C=O) groups is 1. The van der Waals surface area contributed by atoms with Crippen LogP contribution in [0.3, 0.4) is 0 Å². The number of likely N-dealkylation sites (N-methyl/N-ethyl adjacent to an activating group) is 1. The van der Waals surface area contributed by atoms with Gasteiger partial charge in [0.25, 0.3) is 5.92 Å². The van der Waals surface area contributed by atoms with Gasteiger partial charge in [-0.25, -0.2) is 8.78 Å². The van der Waals surface area contributed by atoms with Crippen LogP contribution in [0.2, 0.25) is 0 Å². The summed E-state index contributed by atoms with van der Waals surface area (Å²) >= 11 is 0. The van der Waals surface area contributed by atoms with Crippen molar-refractivity contribution in [2.45, 2.75) is 57.4 Å². The highest BCUT2D eigenvalue weighted by Gasteiger charge is 2.63. The molecule has 1 aliphatic carbocycles. The van der Waals surface area contributed by atoms with Gasteiger partial charge in [0.1, 0.15) is 0 Å². The number of hydrogen-bond acceptors (Lipinski definition) is 4. The van der Waals surface area contributed by atoms with Crippen molar-refractivity contribution in [3.63, 3.8) is 0 Å². The number of amides is 1. The van der Waals surface area contributed by atoms with Crippen molar-refractivity contribution in [2.75, 3.05) is 20.6 Å². The predicted molar refractivity (Wildman–Crippen MR) is 129 cm³/mol. The Morgan fingerprint density at radius 3 is 2.56 bits per heavy atom. The van der Waals surface area contributed by atoms with Crippen molar-refractivity contribution in [2.24, 2.45) is 5.41 Å². The van der Waals surface area contributed by atoms with Crippen molar-refractivity contribution >= 4 is 16.8 Å². The van der Waals surface area contributed by atoms with Gasteiger partial charge in [0.05, 0.1) is 11.7 Å². The molecule has 182 valence electrons. The summed E-state index contributed by atoms with van der Waals surface area (Å²) in [6, 6.07) is 7.68. The second kappa shape index (κ2) is 9.41. The number of fused-ring (bicyclic) bond motifs is 1. The largest absolute Gasteiger partial charge is 0.355 e.